The number of para-hydroxylation sites is 1. The summed E-state index contributed by atoms with van der Waals surface area (Å²) >= 11 is 0. The summed E-state index contributed by atoms with van der Waals surface area (Å²) in [4.78, 5) is 25.2. The predicted octanol–water partition coefficient (Wildman–Crippen LogP) is 5.08. The molecule has 0 unspecified atom stereocenters. The summed E-state index contributed by atoms with van der Waals surface area (Å²) in [6.07, 6.45) is 0. The molecule has 2 amide bonds. The number of nitrogens with one attached hydrogen (secondary N) is 2. The van der Waals surface area contributed by atoms with Crippen molar-refractivity contribution in [2.45, 2.75) is 6.92 Å². The van der Waals surface area contributed by atoms with Gasteiger partial charge in [-0.05, 0) is 67.6 Å². The van der Waals surface area contributed by atoms with Crippen LogP contribution in [0, 0.1) is 0 Å². The van der Waals surface area contributed by atoms with Crippen LogP contribution < -0.4 is 15.4 Å². The minimum Gasteiger partial charge on any atom is -0.494 e. The van der Waals surface area contributed by atoms with E-state index in [-0.39, 0.29) is 11.8 Å². The molecule has 4 rings (SSSR count). The van der Waals surface area contributed by atoms with Crippen molar-refractivity contribution in [3.05, 3.63) is 90.1 Å². The lowest BCUT2D eigenvalue weighted by Gasteiger charge is -2.09. The number of carbonyl (C=O) groups is 2. The zero-order valence-corrected chi connectivity index (χ0v) is 17.4. The van der Waals surface area contributed by atoms with Gasteiger partial charge in [0.2, 0.25) is 0 Å². The SMILES string of the molecule is CCOc1ccc(NC(=O)c2ccc(NC(=O)c3cc4ccccc4n3C)cc2)cc1. The third kappa shape index (κ3) is 4.43. The Bertz CT molecular complexity index is 1230. The maximum Gasteiger partial charge on any atom is 0.272 e. The molecule has 6 heteroatoms. The van der Waals surface area contributed by atoms with Crippen LogP contribution in [-0.4, -0.2) is 23.0 Å². The van der Waals surface area contributed by atoms with Crippen molar-refractivity contribution in [1.29, 1.82) is 0 Å². The first-order valence-corrected chi connectivity index (χ1v) is 10.1. The Morgan fingerprint density at radius 1 is 0.839 bits per heavy atom. The van der Waals surface area contributed by atoms with Crippen LogP contribution in [0.15, 0.2) is 78.9 Å². The summed E-state index contributed by atoms with van der Waals surface area (Å²) in [5, 5.41) is 6.75. The number of aryl methyl sites for hydroxylation is 1. The lowest BCUT2D eigenvalue weighted by Crippen LogP contribution is -2.16. The van der Waals surface area contributed by atoms with Crippen molar-refractivity contribution in [3.63, 3.8) is 0 Å². The van der Waals surface area contributed by atoms with E-state index < -0.39 is 0 Å². The highest BCUT2D eigenvalue weighted by Gasteiger charge is 2.14. The van der Waals surface area contributed by atoms with E-state index in [0.717, 1.165) is 16.7 Å². The molecule has 0 aliphatic carbocycles. The van der Waals surface area contributed by atoms with Gasteiger partial charge >= 0.3 is 0 Å². The highest BCUT2D eigenvalue weighted by atomic mass is 16.5. The van der Waals surface area contributed by atoms with Crippen LogP contribution in [-0.2, 0) is 7.05 Å². The first-order valence-electron chi connectivity index (χ1n) is 10.1. The van der Waals surface area contributed by atoms with E-state index in [4.69, 9.17) is 4.74 Å². The van der Waals surface area contributed by atoms with Gasteiger partial charge < -0.3 is 19.9 Å². The molecule has 2 N–H and O–H groups in total. The van der Waals surface area contributed by atoms with Crippen molar-refractivity contribution in [2.75, 3.05) is 17.2 Å². The summed E-state index contributed by atoms with van der Waals surface area (Å²) in [5.41, 5.74) is 3.36. The Labute approximate surface area is 180 Å². The fourth-order valence-electron chi connectivity index (χ4n) is 3.41. The quantitative estimate of drug-likeness (QED) is 0.463. The molecule has 3 aromatic carbocycles. The number of anilines is 2. The van der Waals surface area contributed by atoms with Crippen LogP contribution in [0.1, 0.15) is 27.8 Å². The molecule has 1 aromatic heterocycles. The standard InChI is InChI=1S/C25H23N3O3/c1-3-31-21-14-12-20(13-15-21)26-24(29)17-8-10-19(11-9-17)27-25(30)23-16-18-6-4-5-7-22(18)28(23)2/h4-16H,3H2,1-2H3,(H,26,29)(H,27,30). The molecular weight excluding hydrogens is 390 g/mol. The fourth-order valence-corrected chi connectivity index (χ4v) is 3.41. The number of fused-ring (bicyclic) bond motifs is 1. The average molecular weight is 413 g/mol. The van der Waals surface area contributed by atoms with Gasteiger partial charge in [0.15, 0.2) is 0 Å². The second-order valence-electron chi connectivity index (χ2n) is 7.09. The molecular formula is C25H23N3O3. The molecule has 31 heavy (non-hydrogen) atoms. The largest absolute Gasteiger partial charge is 0.494 e. The van der Waals surface area contributed by atoms with E-state index >= 15 is 0 Å². The van der Waals surface area contributed by atoms with Gasteiger partial charge in [-0.15, -0.1) is 0 Å². The molecule has 6 nitrogen and oxygen atoms in total. The molecule has 0 saturated carbocycles. The number of aromatic nitrogens is 1. The Hall–Kier alpha value is -4.06. The minimum atomic E-state index is -0.226. The van der Waals surface area contributed by atoms with Crippen molar-refractivity contribution in [1.82, 2.24) is 4.57 Å². The van der Waals surface area contributed by atoms with Gasteiger partial charge in [0.05, 0.1) is 6.61 Å². The third-order valence-corrected chi connectivity index (χ3v) is 5.01. The van der Waals surface area contributed by atoms with E-state index in [0.29, 0.717) is 29.2 Å². The number of nitrogens with zero attached hydrogens (tertiary/aromatic N) is 1. The maximum atomic E-state index is 12.7. The summed E-state index contributed by atoms with van der Waals surface area (Å²) < 4.78 is 7.27. The summed E-state index contributed by atoms with van der Waals surface area (Å²) in [6.45, 7) is 2.51. The van der Waals surface area contributed by atoms with E-state index in [1.54, 1.807) is 36.4 Å². The van der Waals surface area contributed by atoms with Gasteiger partial charge in [-0.25, -0.2) is 0 Å². The van der Waals surface area contributed by atoms with Crippen molar-refractivity contribution in [2.24, 2.45) is 7.05 Å². The van der Waals surface area contributed by atoms with E-state index in [1.807, 2.05) is 61.0 Å². The second-order valence-corrected chi connectivity index (χ2v) is 7.09. The second kappa shape index (κ2) is 8.75. The van der Waals surface area contributed by atoms with Crippen LogP contribution in [0.2, 0.25) is 0 Å². The van der Waals surface area contributed by atoms with Gasteiger partial charge in [0.25, 0.3) is 11.8 Å². The highest BCUT2D eigenvalue weighted by molar-refractivity contribution is 6.07. The summed E-state index contributed by atoms with van der Waals surface area (Å²) in [7, 11) is 1.87. The van der Waals surface area contributed by atoms with E-state index in [1.165, 1.54) is 0 Å². The van der Waals surface area contributed by atoms with Gasteiger partial charge in [0, 0.05) is 34.9 Å². The van der Waals surface area contributed by atoms with Crippen LogP contribution in [0.5, 0.6) is 5.75 Å². The Kier molecular flexibility index (Phi) is 5.71. The number of rotatable bonds is 6. The van der Waals surface area contributed by atoms with Crippen molar-refractivity contribution < 1.29 is 14.3 Å². The Morgan fingerprint density at radius 2 is 1.45 bits per heavy atom. The van der Waals surface area contributed by atoms with Gasteiger partial charge in [-0.3, -0.25) is 9.59 Å². The highest BCUT2D eigenvalue weighted by Crippen LogP contribution is 2.20. The predicted molar refractivity (Wildman–Crippen MR) is 123 cm³/mol. The molecule has 0 radical (unpaired) electrons. The molecule has 0 fully saturated rings. The van der Waals surface area contributed by atoms with Crippen LogP contribution in [0.3, 0.4) is 0 Å². The summed E-state index contributed by atoms with van der Waals surface area (Å²) in [6, 6.07) is 23.7. The number of ether oxygens (including phenoxy) is 1. The molecule has 0 aliphatic heterocycles. The molecule has 0 atom stereocenters. The first kappa shape index (κ1) is 20.2. The lowest BCUT2D eigenvalue weighted by molar-refractivity contribution is 0.101. The van der Waals surface area contributed by atoms with Crippen LogP contribution in [0.25, 0.3) is 10.9 Å². The zero-order valence-electron chi connectivity index (χ0n) is 17.4. The monoisotopic (exact) mass is 413 g/mol. The number of amides is 2. The smallest absolute Gasteiger partial charge is 0.272 e. The molecule has 156 valence electrons. The van der Waals surface area contributed by atoms with Gasteiger partial charge in [0.1, 0.15) is 11.4 Å². The van der Waals surface area contributed by atoms with Gasteiger partial charge in [-0.1, -0.05) is 18.2 Å². The van der Waals surface area contributed by atoms with E-state index in [2.05, 4.69) is 10.6 Å². The molecule has 0 bridgehead atoms. The average Bonchev–Trinajstić information content (AvgIpc) is 3.13. The number of benzene rings is 3. The topological polar surface area (TPSA) is 72.4 Å². The zero-order chi connectivity index (χ0) is 21.8. The van der Waals surface area contributed by atoms with Crippen LogP contribution >= 0.6 is 0 Å². The fraction of sp³-hybridized carbons (Fsp3) is 0.120. The molecule has 0 saturated heterocycles. The third-order valence-electron chi connectivity index (χ3n) is 5.01. The number of carbonyl (C=O) groups excluding carboxylic acids is 2. The first-order chi connectivity index (χ1) is 15.0. The lowest BCUT2D eigenvalue weighted by atomic mass is 10.2. The molecule has 4 aromatic rings. The Balaban J connectivity index is 1.42. The van der Waals surface area contributed by atoms with Crippen molar-refractivity contribution in [3.8, 4) is 5.75 Å². The van der Waals surface area contributed by atoms with Gasteiger partial charge in [-0.2, -0.15) is 0 Å². The molecule has 0 spiro atoms. The van der Waals surface area contributed by atoms with Crippen LogP contribution in [0.4, 0.5) is 11.4 Å². The minimum absolute atomic E-state index is 0.203. The van der Waals surface area contributed by atoms with E-state index in [9.17, 15) is 9.59 Å². The normalized spacial score (nSPS) is 10.6. The maximum absolute atomic E-state index is 12.7. The number of hydrogen-bond acceptors (Lipinski definition) is 3. The molecule has 0 aliphatic rings. The Morgan fingerprint density at radius 3 is 2.10 bits per heavy atom. The van der Waals surface area contributed by atoms with Crippen molar-refractivity contribution >= 4 is 34.1 Å². The number of hydrogen-bond donors (Lipinski definition) is 2. The molecule has 1 heterocycles. The summed E-state index contributed by atoms with van der Waals surface area (Å²) in [5.74, 6) is 0.327.